The molecule has 114 valence electrons. The number of hydrogen-bond acceptors (Lipinski definition) is 5. The predicted octanol–water partition coefficient (Wildman–Crippen LogP) is 2.53. The SMILES string of the molecule is CCCC(COC)NC(=O)c1cc(S(=O)(=O)Cl)c(C)s1. The fourth-order valence-electron chi connectivity index (χ4n) is 1.82. The first-order chi connectivity index (χ1) is 9.29. The van der Waals surface area contributed by atoms with Gasteiger partial charge < -0.3 is 10.1 Å². The van der Waals surface area contributed by atoms with Crippen LogP contribution in [0.2, 0.25) is 0 Å². The highest BCUT2D eigenvalue weighted by atomic mass is 35.7. The summed E-state index contributed by atoms with van der Waals surface area (Å²) in [4.78, 5) is 12.9. The molecule has 1 N–H and O–H groups in total. The van der Waals surface area contributed by atoms with Crippen molar-refractivity contribution in [3.8, 4) is 0 Å². The molecule has 0 aliphatic carbocycles. The Morgan fingerprint density at radius 1 is 1.55 bits per heavy atom. The molecule has 0 saturated carbocycles. The number of carbonyl (C=O) groups is 1. The van der Waals surface area contributed by atoms with Crippen LogP contribution in [0, 0.1) is 6.92 Å². The van der Waals surface area contributed by atoms with Crippen molar-refractivity contribution in [3.05, 3.63) is 15.8 Å². The van der Waals surface area contributed by atoms with Gasteiger partial charge in [-0.25, -0.2) is 8.42 Å². The van der Waals surface area contributed by atoms with Crippen molar-refractivity contribution >= 4 is 37.0 Å². The van der Waals surface area contributed by atoms with Gasteiger partial charge in [-0.15, -0.1) is 11.3 Å². The lowest BCUT2D eigenvalue weighted by Crippen LogP contribution is -2.37. The first-order valence-corrected chi connectivity index (χ1v) is 9.27. The van der Waals surface area contributed by atoms with E-state index in [1.165, 1.54) is 6.07 Å². The first-order valence-electron chi connectivity index (χ1n) is 6.14. The van der Waals surface area contributed by atoms with Crippen molar-refractivity contribution in [2.45, 2.75) is 37.6 Å². The molecule has 20 heavy (non-hydrogen) atoms. The quantitative estimate of drug-likeness (QED) is 0.775. The first kappa shape index (κ1) is 17.4. The molecule has 0 fully saturated rings. The summed E-state index contributed by atoms with van der Waals surface area (Å²) in [5.41, 5.74) is 0. The molecule has 0 bridgehead atoms. The molecule has 1 atom stereocenters. The van der Waals surface area contributed by atoms with Crippen LogP contribution < -0.4 is 5.32 Å². The van der Waals surface area contributed by atoms with E-state index in [1.54, 1.807) is 14.0 Å². The van der Waals surface area contributed by atoms with Gasteiger partial charge in [0.25, 0.3) is 15.0 Å². The van der Waals surface area contributed by atoms with Crippen LogP contribution in [0.25, 0.3) is 0 Å². The smallest absolute Gasteiger partial charge is 0.262 e. The van der Waals surface area contributed by atoms with Gasteiger partial charge in [0.1, 0.15) is 0 Å². The van der Waals surface area contributed by atoms with E-state index in [9.17, 15) is 13.2 Å². The molecule has 1 amide bonds. The molecule has 1 rings (SSSR count). The standard InChI is InChI=1S/C12H18ClNO4S2/c1-4-5-9(7-18-3)14-12(15)10-6-11(8(2)19-10)20(13,16)17/h6,9H,4-5,7H2,1-3H3,(H,14,15). The van der Waals surface area contributed by atoms with Crippen LogP contribution in [0.15, 0.2) is 11.0 Å². The van der Waals surface area contributed by atoms with Gasteiger partial charge in [0.05, 0.1) is 22.4 Å². The van der Waals surface area contributed by atoms with E-state index in [1.807, 2.05) is 6.92 Å². The normalized spacial score (nSPS) is 13.2. The molecule has 0 aliphatic rings. The Morgan fingerprint density at radius 3 is 2.65 bits per heavy atom. The van der Waals surface area contributed by atoms with Gasteiger partial charge in [-0.3, -0.25) is 4.79 Å². The third-order valence-electron chi connectivity index (χ3n) is 2.70. The summed E-state index contributed by atoms with van der Waals surface area (Å²) in [6.45, 7) is 4.06. The molecular weight excluding hydrogens is 322 g/mol. The summed E-state index contributed by atoms with van der Waals surface area (Å²) in [7, 11) is 3.07. The number of rotatable bonds is 7. The lowest BCUT2D eigenvalue weighted by molar-refractivity contribution is 0.0895. The molecule has 0 aliphatic heterocycles. The van der Waals surface area contributed by atoms with Crippen LogP contribution in [-0.2, 0) is 13.8 Å². The number of thiophene rings is 1. The highest BCUT2D eigenvalue weighted by molar-refractivity contribution is 8.13. The van der Waals surface area contributed by atoms with E-state index in [0.717, 1.165) is 24.2 Å². The third-order valence-corrected chi connectivity index (χ3v) is 5.33. The van der Waals surface area contributed by atoms with Gasteiger partial charge in [0, 0.05) is 22.7 Å². The summed E-state index contributed by atoms with van der Waals surface area (Å²) in [5, 5.41) is 2.84. The van der Waals surface area contributed by atoms with Crippen molar-refractivity contribution in [2.75, 3.05) is 13.7 Å². The van der Waals surface area contributed by atoms with E-state index in [-0.39, 0.29) is 16.8 Å². The van der Waals surface area contributed by atoms with Crippen molar-refractivity contribution < 1.29 is 17.9 Å². The van der Waals surface area contributed by atoms with Crippen molar-refractivity contribution in [2.24, 2.45) is 0 Å². The number of halogens is 1. The summed E-state index contributed by atoms with van der Waals surface area (Å²) in [6, 6.07) is 1.23. The lowest BCUT2D eigenvalue weighted by Gasteiger charge is -2.16. The van der Waals surface area contributed by atoms with E-state index < -0.39 is 9.05 Å². The minimum absolute atomic E-state index is 0.00639. The highest BCUT2D eigenvalue weighted by Gasteiger charge is 2.21. The van der Waals surface area contributed by atoms with Gasteiger partial charge in [-0.05, 0) is 19.4 Å². The van der Waals surface area contributed by atoms with Crippen LogP contribution >= 0.6 is 22.0 Å². The lowest BCUT2D eigenvalue weighted by atomic mass is 10.2. The average Bonchev–Trinajstić information content (AvgIpc) is 2.72. The molecule has 0 spiro atoms. The maximum Gasteiger partial charge on any atom is 0.262 e. The minimum Gasteiger partial charge on any atom is -0.383 e. The maximum absolute atomic E-state index is 12.1. The Bertz CT molecular complexity index is 562. The number of hydrogen-bond donors (Lipinski definition) is 1. The molecule has 1 heterocycles. The molecular formula is C12H18ClNO4S2. The van der Waals surface area contributed by atoms with E-state index in [0.29, 0.717) is 16.4 Å². The maximum atomic E-state index is 12.1. The van der Waals surface area contributed by atoms with Gasteiger partial charge in [0.15, 0.2) is 0 Å². The Kier molecular flexibility index (Phi) is 6.44. The van der Waals surface area contributed by atoms with Gasteiger partial charge in [-0.1, -0.05) is 13.3 Å². The van der Waals surface area contributed by atoms with Crippen LogP contribution in [0.4, 0.5) is 0 Å². The highest BCUT2D eigenvalue weighted by Crippen LogP contribution is 2.28. The Labute approximate surface area is 127 Å². The molecule has 0 aromatic carbocycles. The van der Waals surface area contributed by atoms with Crippen molar-refractivity contribution in [3.63, 3.8) is 0 Å². The Hall–Kier alpha value is -0.630. The molecule has 0 saturated heterocycles. The van der Waals surface area contributed by atoms with E-state index in [2.05, 4.69) is 5.32 Å². The number of nitrogens with one attached hydrogen (secondary N) is 1. The molecule has 1 aromatic rings. The second kappa shape index (κ2) is 7.40. The molecule has 1 unspecified atom stereocenters. The largest absolute Gasteiger partial charge is 0.383 e. The zero-order valence-electron chi connectivity index (χ0n) is 11.6. The average molecular weight is 340 g/mol. The third kappa shape index (κ3) is 4.73. The number of methoxy groups -OCH3 is 1. The summed E-state index contributed by atoms with van der Waals surface area (Å²) >= 11 is 1.11. The monoisotopic (exact) mass is 339 g/mol. The fraction of sp³-hybridized carbons (Fsp3) is 0.583. The number of aryl methyl sites for hydroxylation is 1. The second-order valence-corrected chi connectivity index (χ2v) is 8.17. The van der Waals surface area contributed by atoms with Crippen LogP contribution in [-0.4, -0.2) is 34.1 Å². The second-order valence-electron chi connectivity index (χ2n) is 4.38. The molecule has 0 radical (unpaired) electrons. The van der Waals surface area contributed by atoms with Gasteiger partial charge in [0.2, 0.25) is 0 Å². The number of ether oxygens (including phenoxy) is 1. The van der Waals surface area contributed by atoms with Crippen molar-refractivity contribution in [1.29, 1.82) is 0 Å². The van der Waals surface area contributed by atoms with E-state index in [4.69, 9.17) is 15.4 Å². The van der Waals surface area contributed by atoms with Gasteiger partial charge >= 0.3 is 0 Å². The Morgan fingerprint density at radius 2 is 2.20 bits per heavy atom. The topological polar surface area (TPSA) is 72.5 Å². The summed E-state index contributed by atoms with van der Waals surface area (Å²) < 4.78 is 27.7. The molecule has 8 heteroatoms. The zero-order chi connectivity index (χ0) is 15.3. The number of amides is 1. The minimum atomic E-state index is -3.82. The summed E-state index contributed by atoms with van der Waals surface area (Å²) in [5.74, 6) is -0.305. The Balaban J connectivity index is 2.87. The van der Waals surface area contributed by atoms with Gasteiger partial charge in [-0.2, -0.15) is 0 Å². The van der Waals surface area contributed by atoms with Crippen LogP contribution in [0.3, 0.4) is 0 Å². The molecule has 1 aromatic heterocycles. The molecule has 5 nitrogen and oxygen atoms in total. The fourth-order valence-corrected chi connectivity index (χ4v) is 4.39. The van der Waals surface area contributed by atoms with Crippen LogP contribution in [0.5, 0.6) is 0 Å². The van der Waals surface area contributed by atoms with E-state index >= 15 is 0 Å². The number of carbonyl (C=O) groups excluding carboxylic acids is 1. The van der Waals surface area contributed by atoms with Crippen molar-refractivity contribution in [1.82, 2.24) is 5.32 Å². The zero-order valence-corrected chi connectivity index (χ0v) is 14.0. The summed E-state index contributed by atoms with van der Waals surface area (Å²) in [6.07, 6.45) is 1.71. The van der Waals surface area contributed by atoms with Crippen LogP contribution in [0.1, 0.15) is 34.3 Å². The predicted molar refractivity (Wildman–Crippen MR) is 80.1 cm³/mol.